The van der Waals surface area contributed by atoms with Crippen molar-refractivity contribution in [3.05, 3.63) is 23.5 Å². The van der Waals surface area contributed by atoms with Gasteiger partial charge in [0.2, 0.25) is 0 Å². The molecule has 4 rings (SSSR count). The van der Waals surface area contributed by atoms with Gasteiger partial charge in [0.15, 0.2) is 5.65 Å². The van der Waals surface area contributed by atoms with Crippen LogP contribution in [0.15, 0.2) is 12.3 Å². The second-order valence-corrected chi connectivity index (χ2v) is 8.55. The normalized spacial score (nSPS) is 20.6. The number of aromatic nitrogens is 3. The Labute approximate surface area is 172 Å². The summed E-state index contributed by atoms with van der Waals surface area (Å²) in [6.07, 6.45) is 5.75. The molecule has 4 heterocycles. The Morgan fingerprint density at radius 2 is 2.14 bits per heavy atom. The maximum Gasteiger partial charge on any atom is 0.409 e. The number of piperidine rings is 1. The van der Waals surface area contributed by atoms with Crippen molar-refractivity contribution in [3.8, 4) is 0 Å². The average molecular weight is 401 g/mol. The van der Waals surface area contributed by atoms with E-state index in [9.17, 15) is 4.79 Å². The van der Waals surface area contributed by atoms with Crippen molar-refractivity contribution in [1.82, 2.24) is 24.8 Å². The van der Waals surface area contributed by atoms with Gasteiger partial charge >= 0.3 is 6.09 Å². The number of amides is 1. The van der Waals surface area contributed by atoms with E-state index in [1.165, 1.54) is 0 Å². The van der Waals surface area contributed by atoms with Crippen LogP contribution >= 0.6 is 0 Å². The molecule has 2 aromatic heterocycles. The third-order valence-corrected chi connectivity index (χ3v) is 5.92. The first-order valence-electron chi connectivity index (χ1n) is 10.8. The van der Waals surface area contributed by atoms with Gasteiger partial charge in [-0.15, -0.1) is 0 Å². The Balaban J connectivity index is 1.34. The first-order valence-corrected chi connectivity index (χ1v) is 10.8. The third-order valence-electron chi connectivity index (χ3n) is 5.92. The number of rotatable bonds is 5. The van der Waals surface area contributed by atoms with Crippen molar-refractivity contribution in [2.24, 2.45) is 0 Å². The van der Waals surface area contributed by atoms with Gasteiger partial charge in [-0.2, -0.15) is 9.61 Å². The number of hydrogen-bond acceptors (Lipinski definition) is 6. The molecule has 158 valence electrons. The van der Waals surface area contributed by atoms with E-state index in [4.69, 9.17) is 4.74 Å². The van der Waals surface area contributed by atoms with Gasteiger partial charge in [0.25, 0.3) is 0 Å². The lowest BCUT2D eigenvalue weighted by Crippen LogP contribution is -2.43. The maximum atomic E-state index is 12.3. The molecule has 1 amide bonds. The Morgan fingerprint density at radius 1 is 1.34 bits per heavy atom. The molecular formula is C21H32N6O2. The number of hydrogen-bond donors (Lipinski definition) is 2. The highest BCUT2D eigenvalue weighted by molar-refractivity contribution is 5.67. The third kappa shape index (κ3) is 4.47. The topological polar surface area (TPSA) is 83.8 Å². The van der Waals surface area contributed by atoms with Crippen LogP contribution in [0.1, 0.15) is 56.7 Å². The molecule has 2 N–H and O–H groups in total. The van der Waals surface area contributed by atoms with E-state index >= 15 is 0 Å². The van der Waals surface area contributed by atoms with Gasteiger partial charge in [0.1, 0.15) is 12.4 Å². The minimum absolute atomic E-state index is 0.187. The number of aryl methyl sites for hydroxylation is 1. The zero-order chi connectivity index (χ0) is 20.4. The molecule has 2 aromatic rings. The molecule has 0 radical (unpaired) electrons. The number of nitrogens with one attached hydrogen (secondary N) is 2. The Bertz CT molecular complexity index is 850. The average Bonchev–Trinajstić information content (AvgIpc) is 3.36. The van der Waals surface area contributed by atoms with Gasteiger partial charge in [-0.1, -0.05) is 13.8 Å². The molecule has 0 saturated carbocycles. The second kappa shape index (κ2) is 8.57. The van der Waals surface area contributed by atoms with Gasteiger partial charge in [-0.25, -0.2) is 9.78 Å². The Kier molecular flexibility index (Phi) is 5.89. The van der Waals surface area contributed by atoms with Crippen molar-refractivity contribution >= 4 is 17.6 Å². The number of likely N-dealkylation sites (tertiary alicyclic amines) is 1. The Hall–Kier alpha value is -2.35. The first-order chi connectivity index (χ1) is 14.0. The zero-order valence-electron chi connectivity index (χ0n) is 17.6. The molecule has 29 heavy (non-hydrogen) atoms. The fraction of sp³-hybridized carbons (Fsp3) is 0.667. The molecule has 0 aliphatic carbocycles. The van der Waals surface area contributed by atoms with Crippen LogP contribution in [0.25, 0.3) is 5.65 Å². The van der Waals surface area contributed by atoms with Crippen LogP contribution in [-0.2, 0) is 4.74 Å². The molecule has 0 aromatic carbocycles. The fourth-order valence-corrected chi connectivity index (χ4v) is 4.19. The number of ether oxygens (including phenoxy) is 1. The molecule has 1 unspecified atom stereocenters. The summed E-state index contributed by atoms with van der Waals surface area (Å²) in [6, 6.07) is 2.66. The lowest BCUT2D eigenvalue weighted by molar-refractivity contribution is 0.0871. The summed E-state index contributed by atoms with van der Waals surface area (Å²) in [5, 5.41) is 11.5. The fourth-order valence-electron chi connectivity index (χ4n) is 4.19. The van der Waals surface area contributed by atoms with E-state index in [0.29, 0.717) is 37.7 Å². The van der Waals surface area contributed by atoms with Gasteiger partial charge in [-0.05, 0) is 45.1 Å². The first kappa shape index (κ1) is 19.9. The van der Waals surface area contributed by atoms with Crippen LogP contribution in [0.5, 0.6) is 0 Å². The summed E-state index contributed by atoms with van der Waals surface area (Å²) in [7, 11) is 0. The van der Waals surface area contributed by atoms with Crippen LogP contribution in [0.4, 0.5) is 10.6 Å². The minimum Gasteiger partial charge on any atom is -0.448 e. The number of anilines is 1. The maximum absolute atomic E-state index is 12.3. The standard InChI is InChI=1S/C21H32N6O2/c1-14(2)18-12-23-27-19(11-15(3)24-20(18)27)25-16-6-9-26(10-7-16)21(28)29-13-17-5-4-8-22-17/h11-12,14,16-17,22,25H,4-10,13H2,1-3H3. The second-order valence-electron chi connectivity index (χ2n) is 8.55. The minimum atomic E-state index is -0.187. The van der Waals surface area contributed by atoms with Crippen LogP contribution in [0, 0.1) is 6.92 Å². The summed E-state index contributed by atoms with van der Waals surface area (Å²) in [5.41, 5.74) is 3.05. The van der Waals surface area contributed by atoms with Gasteiger partial charge in [-0.3, -0.25) is 0 Å². The predicted molar refractivity (Wildman–Crippen MR) is 112 cm³/mol. The summed E-state index contributed by atoms with van der Waals surface area (Å²) in [4.78, 5) is 18.8. The quantitative estimate of drug-likeness (QED) is 0.803. The van der Waals surface area contributed by atoms with Crippen LogP contribution in [-0.4, -0.2) is 63.9 Å². The summed E-state index contributed by atoms with van der Waals surface area (Å²) >= 11 is 0. The number of nitrogens with zero attached hydrogens (tertiary/aromatic N) is 4. The highest BCUT2D eigenvalue weighted by Crippen LogP contribution is 2.24. The molecule has 2 saturated heterocycles. The summed E-state index contributed by atoms with van der Waals surface area (Å²) in [6.45, 7) is 9.24. The molecule has 8 heteroatoms. The molecule has 2 aliphatic heterocycles. The van der Waals surface area contributed by atoms with Crippen LogP contribution < -0.4 is 10.6 Å². The summed E-state index contributed by atoms with van der Waals surface area (Å²) in [5.74, 6) is 1.34. The van der Waals surface area contributed by atoms with Crippen LogP contribution in [0.2, 0.25) is 0 Å². The van der Waals surface area contributed by atoms with E-state index in [-0.39, 0.29) is 6.09 Å². The van der Waals surface area contributed by atoms with Crippen LogP contribution in [0.3, 0.4) is 0 Å². The monoisotopic (exact) mass is 400 g/mol. The highest BCUT2D eigenvalue weighted by atomic mass is 16.6. The molecule has 8 nitrogen and oxygen atoms in total. The van der Waals surface area contributed by atoms with Crippen molar-refractivity contribution in [1.29, 1.82) is 0 Å². The van der Waals surface area contributed by atoms with E-state index < -0.39 is 0 Å². The molecule has 2 aliphatic rings. The Morgan fingerprint density at radius 3 is 2.83 bits per heavy atom. The number of carbonyl (C=O) groups is 1. The SMILES string of the molecule is Cc1cc(NC2CCN(C(=O)OCC3CCCN3)CC2)n2ncc(C(C)C)c2n1. The van der Waals surface area contributed by atoms with Crippen molar-refractivity contribution in [2.75, 3.05) is 31.6 Å². The van der Waals surface area contributed by atoms with Crippen molar-refractivity contribution < 1.29 is 9.53 Å². The highest BCUT2D eigenvalue weighted by Gasteiger charge is 2.26. The van der Waals surface area contributed by atoms with Gasteiger partial charge < -0.3 is 20.3 Å². The van der Waals surface area contributed by atoms with E-state index in [1.54, 1.807) is 0 Å². The molecule has 0 spiro atoms. The van der Waals surface area contributed by atoms with E-state index in [1.807, 2.05) is 28.6 Å². The molecular weight excluding hydrogens is 368 g/mol. The van der Waals surface area contributed by atoms with Gasteiger partial charge in [0, 0.05) is 42.5 Å². The molecule has 0 bridgehead atoms. The van der Waals surface area contributed by atoms with E-state index in [2.05, 4.69) is 34.6 Å². The summed E-state index contributed by atoms with van der Waals surface area (Å²) < 4.78 is 7.40. The van der Waals surface area contributed by atoms with Crippen molar-refractivity contribution in [2.45, 2.75) is 64.5 Å². The lowest BCUT2D eigenvalue weighted by atomic mass is 10.1. The predicted octanol–water partition coefficient (Wildman–Crippen LogP) is 2.93. The molecule has 2 fully saturated rings. The smallest absolute Gasteiger partial charge is 0.409 e. The van der Waals surface area contributed by atoms with E-state index in [0.717, 1.165) is 55.0 Å². The molecule has 1 atom stereocenters. The zero-order valence-corrected chi connectivity index (χ0v) is 17.6. The lowest BCUT2D eigenvalue weighted by Gasteiger charge is -2.32. The number of fused-ring (bicyclic) bond motifs is 1. The van der Waals surface area contributed by atoms with Gasteiger partial charge in [0.05, 0.1) is 6.20 Å². The largest absolute Gasteiger partial charge is 0.448 e. The van der Waals surface area contributed by atoms with Crippen molar-refractivity contribution in [3.63, 3.8) is 0 Å². The number of carbonyl (C=O) groups excluding carboxylic acids is 1.